The summed E-state index contributed by atoms with van der Waals surface area (Å²) in [5, 5.41) is 19.1. The molecule has 0 aliphatic carbocycles. The van der Waals surface area contributed by atoms with E-state index >= 15 is 0 Å². The van der Waals surface area contributed by atoms with E-state index in [9.17, 15) is 10.2 Å². The van der Waals surface area contributed by atoms with Crippen LogP contribution in [0.3, 0.4) is 0 Å². The molecule has 1 aromatic carbocycles. The molecule has 3 atom stereocenters. The van der Waals surface area contributed by atoms with Crippen LogP contribution >= 0.6 is 15.9 Å². The van der Waals surface area contributed by atoms with Gasteiger partial charge in [0.25, 0.3) is 0 Å². The smallest absolute Gasteiger partial charge is 0.0990 e. The highest BCUT2D eigenvalue weighted by molar-refractivity contribution is 9.10. The number of benzene rings is 1. The molecule has 17 heavy (non-hydrogen) atoms. The molecule has 0 spiro atoms. The summed E-state index contributed by atoms with van der Waals surface area (Å²) in [6, 6.07) is 5.92. The van der Waals surface area contributed by atoms with Crippen molar-refractivity contribution in [2.24, 2.45) is 5.73 Å². The summed E-state index contributed by atoms with van der Waals surface area (Å²) in [7, 11) is 0. The van der Waals surface area contributed by atoms with Gasteiger partial charge in [-0.3, -0.25) is 0 Å². The third-order valence-corrected chi connectivity index (χ3v) is 3.73. The molecule has 0 radical (unpaired) electrons. The molecule has 4 N–H and O–H groups in total. The Kier molecular flexibility index (Phi) is 3.73. The molecule has 0 amide bonds. The fraction of sp³-hybridized carbons (Fsp3) is 0.500. The predicted molar refractivity (Wildman–Crippen MR) is 71.0 cm³/mol. The lowest BCUT2D eigenvalue weighted by Crippen LogP contribution is -2.22. The van der Waals surface area contributed by atoms with Crippen LogP contribution in [0.5, 0.6) is 0 Å². The lowest BCUT2D eigenvalue weighted by molar-refractivity contribution is 0.0572. The van der Waals surface area contributed by atoms with Crippen molar-refractivity contribution in [1.29, 1.82) is 0 Å². The van der Waals surface area contributed by atoms with Crippen molar-refractivity contribution in [3.8, 4) is 0 Å². The first-order valence-corrected chi connectivity index (χ1v) is 6.44. The molecule has 1 aromatic rings. The Morgan fingerprint density at radius 2 is 1.94 bits per heavy atom. The van der Waals surface area contributed by atoms with E-state index in [0.717, 1.165) is 15.7 Å². The third kappa shape index (κ3) is 2.63. The summed E-state index contributed by atoms with van der Waals surface area (Å²) in [5.41, 5.74) is 7.85. The van der Waals surface area contributed by atoms with Crippen LogP contribution in [0.4, 0.5) is 5.69 Å². The lowest BCUT2D eigenvalue weighted by atomic mass is 10.1. The van der Waals surface area contributed by atoms with Gasteiger partial charge in [0.2, 0.25) is 0 Å². The fourth-order valence-electron chi connectivity index (χ4n) is 2.03. The van der Waals surface area contributed by atoms with E-state index in [1.165, 1.54) is 0 Å². The van der Waals surface area contributed by atoms with Crippen LogP contribution < -0.4 is 10.6 Å². The molecule has 1 aliphatic heterocycles. The van der Waals surface area contributed by atoms with Crippen LogP contribution in [0.1, 0.15) is 18.5 Å². The first-order chi connectivity index (χ1) is 7.99. The Morgan fingerprint density at radius 1 is 1.35 bits per heavy atom. The number of anilines is 1. The van der Waals surface area contributed by atoms with Gasteiger partial charge in [-0.05, 0) is 40.5 Å². The highest BCUT2D eigenvalue weighted by atomic mass is 79.9. The molecule has 2 unspecified atom stereocenters. The topological polar surface area (TPSA) is 69.7 Å². The van der Waals surface area contributed by atoms with Crippen LogP contribution in [0.15, 0.2) is 22.7 Å². The van der Waals surface area contributed by atoms with Crippen molar-refractivity contribution >= 4 is 21.6 Å². The van der Waals surface area contributed by atoms with Crippen molar-refractivity contribution in [1.82, 2.24) is 0 Å². The number of hydrogen-bond donors (Lipinski definition) is 3. The summed E-state index contributed by atoms with van der Waals surface area (Å²) in [6.07, 6.45) is -1.34. The largest absolute Gasteiger partial charge is 0.389 e. The van der Waals surface area contributed by atoms with E-state index in [-0.39, 0.29) is 6.04 Å². The number of rotatable bonds is 2. The van der Waals surface area contributed by atoms with Gasteiger partial charge in [-0.25, -0.2) is 0 Å². The second-order valence-electron chi connectivity index (χ2n) is 4.54. The van der Waals surface area contributed by atoms with Crippen molar-refractivity contribution < 1.29 is 10.2 Å². The van der Waals surface area contributed by atoms with Gasteiger partial charge < -0.3 is 20.8 Å². The Bertz CT molecular complexity index is 401. The Balaban J connectivity index is 2.23. The van der Waals surface area contributed by atoms with Gasteiger partial charge in [-0.1, -0.05) is 6.07 Å². The lowest BCUT2D eigenvalue weighted by Gasteiger charge is -2.20. The molecule has 1 saturated heterocycles. The minimum Gasteiger partial charge on any atom is -0.389 e. The van der Waals surface area contributed by atoms with E-state index in [1.54, 1.807) is 0 Å². The van der Waals surface area contributed by atoms with E-state index < -0.39 is 12.2 Å². The zero-order chi connectivity index (χ0) is 12.6. The minimum absolute atomic E-state index is 0.00453. The summed E-state index contributed by atoms with van der Waals surface area (Å²) >= 11 is 3.50. The van der Waals surface area contributed by atoms with Gasteiger partial charge in [0.05, 0.1) is 17.9 Å². The summed E-state index contributed by atoms with van der Waals surface area (Å²) in [4.78, 5) is 1.96. The second-order valence-corrected chi connectivity index (χ2v) is 5.39. The molecular formula is C12H17BrN2O2. The van der Waals surface area contributed by atoms with Crippen molar-refractivity contribution in [2.75, 3.05) is 18.0 Å². The number of nitrogens with zero attached hydrogens (tertiary/aromatic N) is 1. The maximum absolute atomic E-state index is 9.54. The monoisotopic (exact) mass is 300 g/mol. The molecule has 1 heterocycles. The van der Waals surface area contributed by atoms with E-state index in [2.05, 4.69) is 15.9 Å². The highest BCUT2D eigenvalue weighted by Crippen LogP contribution is 2.31. The quantitative estimate of drug-likeness (QED) is 0.762. The molecular weight excluding hydrogens is 284 g/mol. The third-order valence-electron chi connectivity index (χ3n) is 3.10. The highest BCUT2D eigenvalue weighted by Gasteiger charge is 2.30. The number of nitrogens with two attached hydrogens (primary N) is 1. The summed E-state index contributed by atoms with van der Waals surface area (Å²) in [6.45, 7) is 2.85. The molecule has 2 rings (SSSR count). The molecule has 0 bridgehead atoms. The average molecular weight is 301 g/mol. The zero-order valence-corrected chi connectivity index (χ0v) is 11.3. The SMILES string of the molecule is C[C@H](N)c1ccc(N2CC(O)C(O)C2)c(Br)c1. The van der Waals surface area contributed by atoms with Gasteiger partial charge in [0.1, 0.15) is 0 Å². The predicted octanol–water partition coefficient (Wildman–Crippen LogP) is 1.01. The van der Waals surface area contributed by atoms with Gasteiger partial charge >= 0.3 is 0 Å². The number of halogens is 1. The molecule has 1 aliphatic rings. The zero-order valence-electron chi connectivity index (χ0n) is 9.68. The van der Waals surface area contributed by atoms with E-state index in [4.69, 9.17) is 5.73 Å². The van der Waals surface area contributed by atoms with Gasteiger partial charge in [0, 0.05) is 23.6 Å². The van der Waals surface area contributed by atoms with Gasteiger partial charge in [-0.2, -0.15) is 0 Å². The minimum atomic E-state index is -0.671. The van der Waals surface area contributed by atoms with Crippen LogP contribution in [-0.4, -0.2) is 35.5 Å². The van der Waals surface area contributed by atoms with Crippen molar-refractivity contribution in [2.45, 2.75) is 25.2 Å². The van der Waals surface area contributed by atoms with Crippen molar-refractivity contribution in [3.63, 3.8) is 0 Å². The van der Waals surface area contributed by atoms with Gasteiger partial charge in [-0.15, -0.1) is 0 Å². The first kappa shape index (κ1) is 12.8. The van der Waals surface area contributed by atoms with Crippen LogP contribution in [0, 0.1) is 0 Å². The Labute approximate surface area is 109 Å². The molecule has 94 valence electrons. The Morgan fingerprint density at radius 3 is 2.41 bits per heavy atom. The maximum Gasteiger partial charge on any atom is 0.0990 e. The van der Waals surface area contributed by atoms with Crippen LogP contribution in [0.2, 0.25) is 0 Å². The van der Waals surface area contributed by atoms with Crippen LogP contribution in [-0.2, 0) is 0 Å². The summed E-state index contributed by atoms with van der Waals surface area (Å²) in [5.74, 6) is 0. The average Bonchev–Trinajstić information content (AvgIpc) is 2.58. The first-order valence-electron chi connectivity index (χ1n) is 5.65. The number of β-amino-alcohol motifs (C(OH)–C–C–N with tert-alkyl or cyclic N) is 2. The van der Waals surface area contributed by atoms with Crippen LogP contribution in [0.25, 0.3) is 0 Å². The summed E-state index contributed by atoms with van der Waals surface area (Å²) < 4.78 is 0.939. The molecule has 5 heteroatoms. The molecule has 1 fully saturated rings. The second kappa shape index (κ2) is 4.94. The standard InChI is InChI=1S/C12H17BrN2O2/c1-7(14)8-2-3-10(9(13)4-8)15-5-11(16)12(17)6-15/h2-4,7,11-12,16-17H,5-6,14H2,1H3/t7-,11?,12?/m0/s1. The fourth-order valence-corrected chi connectivity index (χ4v) is 2.68. The maximum atomic E-state index is 9.54. The number of hydrogen-bond acceptors (Lipinski definition) is 4. The van der Waals surface area contributed by atoms with Gasteiger partial charge in [0.15, 0.2) is 0 Å². The number of aliphatic hydroxyl groups excluding tert-OH is 2. The number of aliphatic hydroxyl groups is 2. The normalized spacial score (nSPS) is 26.3. The molecule has 0 aromatic heterocycles. The molecule has 0 saturated carbocycles. The molecule has 4 nitrogen and oxygen atoms in total. The Hall–Kier alpha value is -0.620. The van der Waals surface area contributed by atoms with E-state index in [1.807, 2.05) is 30.0 Å². The van der Waals surface area contributed by atoms with E-state index in [0.29, 0.717) is 13.1 Å². The van der Waals surface area contributed by atoms with Crippen molar-refractivity contribution in [3.05, 3.63) is 28.2 Å².